The van der Waals surface area contributed by atoms with E-state index in [1.165, 1.54) is 13.2 Å². The highest BCUT2D eigenvalue weighted by molar-refractivity contribution is 9.10. The molecule has 112 valence electrons. The van der Waals surface area contributed by atoms with Crippen LogP contribution >= 0.6 is 15.9 Å². The lowest BCUT2D eigenvalue weighted by Gasteiger charge is -2.21. The fraction of sp³-hybridized carbons (Fsp3) is 0.250. The summed E-state index contributed by atoms with van der Waals surface area (Å²) < 4.78 is 34.3. The van der Waals surface area contributed by atoms with Gasteiger partial charge in [-0.2, -0.15) is 0 Å². The van der Waals surface area contributed by atoms with Gasteiger partial charge in [0.2, 0.25) is 0 Å². The average Bonchev–Trinajstić information content (AvgIpc) is 2.46. The number of benzene rings is 2. The highest BCUT2D eigenvalue weighted by Gasteiger charge is 2.22. The second-order valence-electron chi connectivity index (χ2n) is 4.52. The van der Waals surface area contributed by atoms with E-state index in [-0.39, 0.29) is 5.75 Å². The molecule has 0 saturated carbocycles. The fourth-order valence-corrected chi connectivity index (χ4v) is 2.57. The Morgan fingerprint density at radius 1 is 1.19 bits per heavy atom. The lowest BCUT2D eigenvalue weighted by molar-refractivity contribution is 0.381. The molecule has 0 amide bonds. The van der Waals surface area contributed by atoms with Gasteiger partial charge < -0.3 is 10.1 Å². The van der Waals surface area contributed by atoms with Crippen LogP contribution < -0.4 is 10.1 Å². The second kappa shape index (κ2) is 7.00. The minimum absolute atomic E-state index is 0.146. The van der Waals surface area contributed by atoms with Crippen molar-refractivity contribution >= 4 is 15.9 Å². The van der Waals surface area contributed by atoms with Crippen molar-refractivity contribution in [2.24, 2.45) is 0 Å². The number of methoxy groups -OCH3 is 1. The fourth-order valence-electron chi connectivity index (χ4n) is 2.24. The molecule has 0 heterocycles. The van der Waals surface area contributed by atoms with Crippen LogP contribution in [0.5, 0.6) is 5.75 Å². The summed E-state index contributed by atoms with van der Waals surface area (Å²) in [6.45, 7) is 2.47. The topological polar surface area (TPSA) is 21.3 Å². The summed E-state index contributed by atoms with van der Waals surface area (Å²) in [6, 6.07) is 9.05. The van der Waals surface area contributed by atoms with Crippen molar-refractivity contribution in [3.63, 3.8) is 0 Å². The number of rotatable bonds is 5. The van der Waals surface area contributed by atoms with Crippen molar-refractivity contribution in [2.75, 3.05) is 13.7 Å². The zero-order valence-corrected chi connectivity index (χ0v) is 13.4. The summed E-state index contributed by atoms with van der Waals surface area (Å²) in [7, 11) is 1.41. The van der Waals surface area contributed by atoms with Crippen LogP contribution in [0, 0.1) is 11.6 Å². The molecule has 0 aliphatic carbocycles. The highest BCUT2D eigenvalue weighted by Crippen LogP contribution is 2.31. The monoisotopic (exact) mass is 355 g/mol. The molecule has 0 radical (unpaired) electrons. The van der Waals surface area contributed by atoms with Crippen LogP contribution in [-0.4, -0.2) is 13.7 Å². The van der Waals surface area contributed by atoms with Crippen molar-refractivity contribution in [1.82, 2.24) is 5.32 Å². The van der Waals surface area contributed by atoms with Crippen LogP contribution in [0.1, 0.15) is 24.1 Å². The maximum Gasteiger partial charge on any atom is 0.170 e. The molecule has 0 bridgehead atoms. The molecule has 0 saturated heterocycles. The van der Waals surface area contributed by atoms with Crippen LogP contribution in [0.3, 0.4) is 0 Å². The van der Waals surface area contributed by atoms with E-state index in [1.54, 1.807) is 30.3 Å². The summed E-state index contributed by atoms with van der Waals surface area (Å²) in [4.78, 5) is 0. The largest absolute Gasteiger partial charge is 0.494 e. The zero-order valence-electron chi connectivity index (χ0n) is 11.8. The van der Waals surface area contributed by atoms with E-state index in [4.69, 9.17) is 4.74 Å². The van der Waals surface area contributed by atoms with E-state index in [9.17, 15) is 8.78 Å². The minimum Gasteiger partial charge on any atom is -0.494 e. The molecule has 0 aliphatic rings. The molecule has 21 heavy (non-hydrogen) atoms. The predicted molar refractivity (Wildman–Crippen MR) is 82.6 cm³/mol. The molecule has 0 aliphatic heterocycles. The highest BCUT2D eigenvalue weighted by atomic mass is 79.9. The second-order valence-corrected chi connectivity index (χ2v) is 5.44. The van der Waals surface area contributed by atoms with Gasteiger partial charge in [-0.05, 0) is 24.7 Å². The molecule has 2 aromatic rings. The van der Waals surface area contributed by atoms with Crippen LogP contribution in [0.25, 0.3) is 0 Å². The summed E-state index contributed by atoms with van der Waals surface area (Å²) in [5, 5.41) is 3.12. The number of hydrogen-bond donors (Lipinski definition) is 1. The molecule has 2 aromatic carbocycles. The molecule has 2 rings (SSSR count). The Balaban J connectivity index is 2.53. The molecular formula is C16H16BrF2NO. The van der Waals surface area contributed by atoms with Crippen molar-refractivity contribution in [3.05, 3.63) is 63.6 Å². The van der Waals surface area contributed by atoms with E-state index in [1.807, 2.05) is 6.92 Å². The predicted octanol–water partition coefficient (Wildman–Crippen LogP) is 4.43. The van der Waals surface area contributed by atoms with Gasteiger partial charge in [-0.15, -0.1) is 0 Å². The lowest BCUT2D eigenvalue weighted by atomic mass is 9.97. The molecule has 0 aromatic heterocycles. The Kier molecular flexibility index (Phi) is 5.31. The number of ether oxygens (including phenoxy) is 1. The maximum absolute atomic E-state index is 14.4. The molecule has 1 atom stereocenters. The Labute approximate surface area is 131 Å². The van der Waals surface area contributed by atoms with Crippen LogP contribution in [0.2, 0.25) is 0 Å². The average molecular weight is 356 g/mol. The van der Waals surface area contributed by atoms with Gasteiger partial charge >= 0.3 is 0 Å². The molecule has 1 unspecified atom stereocenters. The first-order chi connectivity index (χ1) is 10.1. The Bertz CT molecular complexity index is 634. The third-order valence-electron chi connectivity index (χ3n) is 3.21. The Morgan fingerprint density at radius 2 is 1.95 bits per heavy atom. The first-order valence-corrected chi connectivity index (χ1v) is 7.38. The molecular weight excluding hydrogens is 340 g/mol. The zero-order chi connectivity index (χ0) is 15.4. The van der Waals surface area contributed by atoms with E-state index >= 15 is 0 Å². The van der Waals surface area contributed by atoms with Crippen molar-refractivity contribution in [3.8, 4) is 5.75 Å². The molecule has 0 fully saturated rings. The van der Waals surface area contributed by atoms with Crippen LogP contribution in [-0.2, 0) is 0 Å². The van der Waals surface area contributed by atoms with Crippen LogP contribution in [0.4, 0.5) is 8.78 Å². The van der Waals surface area contributed by atoms with Gasteiger partial charge in [-0.1, -0.05) is 41.1 Å². The maximum atomic E-state index is 14.4. The van der Waals surface area contributed by atoms with E-state index in [0.29, 0.717) is 22.1 Å². The third-order valence-corrected chi connectivity index (χ3v) is 3.70. The number of hydrogen-bond acceptors (Lipinski definition) is 2. The van der Waals surface area contributed by atoms with Crippen LogP contribution in [0.15, 0.2) is 40.9 Å². The van der Waals surface area contributed by atoms with Gasteiger partial charge in [-0.25, -0.2) is 8.78 Å². The molecule has 5 heteroatoms. The summed E-state index contributed by atoms with van der Waals surface area (Å²) in [6.07, 6.45) is 0. The Hall–Kier alpha value is -1.46. The first-order valence-electron chi connectivity index (χ1n) is 6.59. The van der Waals surface area contributed by atoms with E-state index in [0.717, 1.165) is 0 Å². The van der Waals surface area contributed by atoms with E-state index in [2.05, 4.69) is 21.2 Å². The summed E-state index contributed by atoms with van der Waals surface area (Å²) in [5.74, 6) is -0.723. The molecule has 2 nitrogen and oxygen atoms in total. The van der Waals surface area contributed by atoms with Crippen molar-refractivity contribution < 1.29 is 13.5 Å². The molecule has 1 N–H and O–H groups in total. The first kappa shape index (κ1) is 15.9. The standard InChI is InChI=1S/C16H16BrF2NO/c1-3-20-16(11-8-7-10(17)9-13(11)18)12-5-4-6-14(21-2)15(12)19/h4-9,16,20H,3H2,1-2H3. The lowest BCUT2D eigenvalue weighted by Crippen LogP contribution is -2.24. The van der Waals surface area contributed by atoms with Crippen molar-refractivity contribution in [1.29, 1.82) is 0 Å². The van der Waals surface area contributed by atoms with E-state index < -0.39 is 17.7 Å². The van der Waals surface area contributed by atoms with Gasteiger partial charge in [0.1, 0.15) is 5.82 Å². The van der Waals surface area contributed by atoms with Gasteiger partial charge in [0.25, 0.3) is 0 Å². The SMILES string of the molecule is CCNC(c1ccc(Br)cc1F)c1cccc(OC)c1F. The third kappa shape index (κ3) is 3.41. The summed E-state index contributed by atoms with van der Waals surface area (Å²) in [5.41, 5.74) is 0.754. The quantitative estimate of drug-likeness (QED) is 0.856. The van der Waals surface area contributed by atoms with Gasteiger partial charge in [0, 0.05) is 15.6 Å². The Morgan fingerprint density at radius 3 is 2.57 bits per heavy atom. The number of nitrogens with one attached hydrogen (secondary N) is 1. The van der Waals surface area contributed by atoms with Crippen molar-refractivity contribution in [2.45, 2.75) is 13.0 Å². The summed E-state index contributed by atoms with van der Waals surface area (Å²) >= 11 is 3.22. The van der Waals surface area contributed by atoms with Gasteiger partial charge in [0.15, 0.2) is 11.6 Å². The molecule has 0 spiro atoms. The number of halogens is 3. The smallest absolute Gasteiger partial charge is 0.170 e. The van der Waals surface area contributed by atoms with Gasteiger partial charge in [-0.3, -0.25) is 0 Å². The minimum atomic E-state index is -0.571. The van der Waals surface area contributed by atoms with Gasteiger partial charge in [0.05, 0.1) is 13.2 Å². The normalized spacial score (nSPS) is 12.2.